The molecule has 1 aromatic heterocycles. The van der Waals surface area contributed by atoms with Crippen LogP contribution >= 0.6 is 11.3 Å². The average Bonchev–Trinajstić information content (AvgIpc) is 3.02. The third-order valence-electron chi connectivity index (χ3n) is 4.32. The number of amides is 1. The molecule has 0 radical (unpaired) electrons. The first-order valence-corrected chi connectivity index (χ1v) is 8.99. The van der Waals surface area contributed by atoms with E-state index in [0.717, 1.165) is 12.6 Å². The van der Waals surface area contributed by atoms with Crippen molar-refractivity contribution >= 4 is 17.2 Å². The Bertz CT molecular complexity index is 715. The normalized spacial score (nSPS) is 16.9. The fourth-order valence-electron chi connectivity index (χ4n) is 3.00. The highest BCUT2D eigenvalue weighted by Gasteiger charge is 2.33. The zero-order valence-electron chi connectivity index (χ0n) is 13.6. The Balaban J connectivity index is 1.68. The number of rotatable bonds is 4. The second-order valence-electron chi connectivity index (χ2n) is 6.08. The largest absolute Gasteiger partial charge is 0.416 e. The first kappa shape index (κ1) is 17.9. The van der Waals surface area contributed by atoms with E-state index in [2.05, 4.69) is 11.0 Å². The standard InChI is InChI=1S/C18H19F3N2OS/c19-18(20,21)16-6-2-1-4-14(16)12-23-10-9-22(8-7-17(23)24)13-15-5-3-11-25-15/h1-6,11H,7-10,12-13H2. The lowest BCUT2D eigenvalue weighted by Gasteiger charge is -2.23. The van der Waals surface area contributed by atoms with Gasteiger partial charge in [0.05, 0.1) is 5.56 Å². The van der Waals surface area contributed by atoms with E-state index in [9.17, 15) is 18.0 Å². The Morgan fingerprint density at radius 2 is 1.80 bits per heavy atom. The molecule has 3 nitrogen and oxygen atoms in total. The van der Waals surface area contributed by atoms with Crippen LogP contribution in [0.15, 0.2) is 41.8 Å². The van der Waals surface area contributed by atoms with Crippen LogP contribution in [-0.2, 0) is 24.1 Å². The molecular formula is C18H19F3N2OS. The smallest absolute Gasteiger partial charge is 0.337 e. The third-order valence-corrected chi connectivity index (χ3v) is 5.19. The SMILES string of the molecule is O=C1CCN(Cc2cccs2)CCN1Cc1ccccc1C(F)(F)F. The van der Waals surface area contributed by atoms with E-state index in [-0.39, 0.29) is 18.0 Å². The van der Waals surface area contributed by atoms with Crippen LogP contribution in [0.5, 0.6) is 0 Å². The summed E-state index contributed by atoms with van der Waals surface area (Å²) in [5.41, 5.74) is -0.516. The quantitative estimate of drug-likeness (QED) is 0.814. The number of thiophene rings is 1. The molecule has 25 heavy (non-hydrogen) atoms. The molecule has 0 saturated carbocycles. The monoisotopic (exact) mass is 368 g/mol. The Hall–Kier alpha value is -1.86. The highest BCUT2D eigenvalue weighted by molar-refractivity contribution is 7.09. The first-order chi connectivity index (χ1) is 11.9. The molecule has 1 aliphatic heterocycles. The number of carbonyl (C=O) groups excluding carboxylic acids is 1. The van der Waals surface area contributed by atoms with Crippen LogP contribution in [0.2, 0.25) is 0 Å². The van der Waals surface area contributed by atoms with Gasteiger partial charge in [0.2, 0.25) is 5.91 Å². The van der Waals surface area contributed by atoms with Gasteiger partial charge >= 0.3 is 6.18 Å². The molecule has 1 saturated heterocycles. The summed E-state index contributed by atoms with van der Waals surface area (Å²) in [7, 11) is 0. The minimum Gasteiger partial charge on any atom is -0.337 e. The lowest BCUT2D eigenvalue weighted by molar-refractivity contribution is -0.139. The second kappa shape index (κ2) is 7.58. The summed E-state index contributed by atoms with van der Waals surface area (Å²) in [5, 5.41) is 2.01. The van der Waals surface area contributed by atoms with Crippen LogP contribution in [0.4, 0.5) is 13.2 Å². The van der Waals surface area contributed by atoms with Gasteiger partial charge in [-0.2, -0.15) is 13.2 Å². The Labute approximate surface area is 148 Å². The van der Waals surface area contributed by atoms with Crippen molar-refractivity contribution in [3.8, 4) is 0 Å². The lowest BCUT2D eigenvalue weighted by atomic mass is 10.1. The average molecular weight is 368 g/mol. The number of alkyl halides is 3. The summed E-state index contributed by atoms with van der Waals surface area (Å²) in [5.74, 6) is -0.0920. The van der Waals surface area contributed by atoms with Crippen molar-refractivity contribution in [2.75, 3.05) is 19.6 Å². The van der Waals surface area contributed by atoms with Gasteiger partial charge < -0.3 is 4.90 Å². The molecule has 3 rings (SSSR count). The second-order valence-corrected chi connectivity index (χ2v) is 7.11. The van der Waals surface area contributed by atoms with E-state index in [1.54, 1.807) is 22.3 Å². The van der Waals surface area contributed by atoms with Crippen LogP contribution in [0.1, 0.15) is 22.4 Å². The van der Waals surface area contributed by atoms with E-state index < -0.39 is 11.7 Å². The molecule has 0 N–H and O–H groups in total. The molecule has 0 atom stereocenters. The Morgan fingerprint density at radius 3 is 2.52 bits per heavy atom. The topological polar surface area (TPSA) is 23.6 Å². The van der Waals surface area contributed by atoms with Crippen molar-refractivity contribution in [1.82, 2.24) is 9.80 Å². The van der Waals surface area contributed by atoms with Crippen molar-refractivity contribution in [3.05, 3.63) is 57.8 Å². The maximum absolute atomic E-state index is 13.1. The van der Waals surface area contributed by atoms with Gasteiger partial charge in [0, 0.05) is 44.0 Å². The van der Waals surface area contributed by atoms with Gasteiger partial charge in [-0.15, -0.1) is 11.3 Å². The van der Waals surface area contributed by atoms with Crippen molar-refractivity contribution in [1.29, 1.82) is 0 Å². The van der Waals surface area contributed by atoms with Gasteiger partial charge in [0.1, 0.15) is 0 Å². The Kier molecular flexibility index (Phi) is 5.44. The predicted octanol–water partition coefficient (Wildman–Crippen LogP) is 4.00. The third kappa shape index (κ3) is 4.61. The highest BCUT2D eigenvalue weighted by atomic mass is 32.1. The molecule has 2 aromatic rings. The zero-order valence-corrected chi connectivity index (χ0v) is 14.4. The molecule has 1 aromatic carbocycles. The molecule has 0 bridgehead atoms. The van der Waals surface area contributed by atoms with Crippen LogP contribution < -0.4 is 0 Å². The van der Waals surface area contributed by atoms with Crippen molar-refractivity contribution in [3.63, 3.8) is 0 Å². The minimum atomic E-state index is -4.41. The fraction of sp³-hybridized carbons (Fsp3) is 0.389. The molecule has 134 valence electrons. The summed E-state index contributed by atoms with van der Waals surface area (Å²) >= 11 is 1.67. The maximum atomic E-state index is 13.1. The summed E-state index contributed by atoms with van der Waals surface area (Å²) in [6, 6.07) is 9.51. The molecule has 2 heterocycles. The molecule has 0 unspecified atom stereocenters. The van der Waals surface area contributed by atoms with Crippen molar-refractivity contribution in [2.45, 2.75) is 25.7 Å². The van der Waals surface area contributed by atoms with Gasteiger partial charge in [-0.3, -0.25) is 9.69 Å². The molecular weight excluding hydrogens is 349 g/mol. The van der Waals surface area contributed by atoms with E-state index in [4.69, 9.17) is 0 Å². The van der Waals surface area contributed by atoms with Crippen molar-refractivity contribution in [2.24, 2.45) is 0 Å². The lowest BCUT2D eigenvalue weighted by Crippen LogP contribution is -2.33. The summed E-state index contributed by atoms with van der Waals surface area (Å²) in [6.07, 6.45) is -4.07. The summed E-state index contributed by atoms with van der Waals surface area (Å²) in [6.45, 7) is 2.52. The van der Waals surface area contributed by atoms with E-state index in [1.165, 1.54) is 17.0 Å². The van der Waals surface area contributed by atoms with Gasteiger partial charge in [0.15, 0.2) is 0 Å². The number of halogens is 3. The van der Waals surface area contributed by atoms with Crippen LogP contribution in [0, 0.1) is 0 Å². The maximum Gasteiger partial charge on any atom is 0.416 e. The number of hydrogen-bond donors (Lipinski definition) is 0. The molecule has 1 fully saturated rings. The minimum absolute atomic E-state index is 0.00135. The molecule has 7 heteroatoms. The van der Waals surface area contributed by atoms with E-state index in [1.807, 2.05) is 11.4 Å². The van der Waals surface area contributed by atoms with Gasteiger partial charge in [-0.25, -0.2) is 0 Å². The fourth-order valence-corrected chi connectivity index (χ4v) is 3.75. The summed E-state index contributed by atoms with van der Waals surface area (Å²) in [4.78, 5) is 17.3. The summed E-state index contributed by atoms with van der Waals surface area (Å²) < 4.78 is 39.4. The van der Waals surface area contributed by atoms with Crippen molar-refractivity contribution < 1.29 is 18.0 Å². The Morgan fingerprint density at radius 1 is 1.00 bits per heavy atom. The molecule has 0 aliphatic carbocycles. The molecule has 1 amide bonds. The van der Waals surface area contributed by atoms with Gasteiger partial charge in [-0.05, 0) is 23.1 Å². The number of carbonyl (C=O) groups is 1. The predicted molar refractivity (Wildman–Crippen MR) is 91.1 cm³/mol. The van der Waals surface area contributed by atoms with Crippen LogP contribution in [0.25, 0.3) is 0 Å². The molecule has 1 aliphatic rings. The highest BCUT2D eigenvalue weighted by Crippen LogP contribution is 2.32. The first-order valence-electron chi connectivity index (χ1n) is 8.11. The van der Waals surface area contributed by atoms with E-state index in [0.29, 0.717) is 26.1 Å². The molecule has 0 spiro atoms. The number of benzene rings is 1. The zero-order chi connectivity index (χ0) is 17.9. The van der Waals surface area contributed by atoms with Crippen LogP contribution in [0.3, 0.4) is 0 Å². The number of nitrogens with zero attached hydrogens (tertiary/aromatic N) is 2. The van der Waals surface area contributed by atoms with Gasteiger partial charge in [-0.1, -0.05) is 24.3 Å². The van der Waals surface area contributed by atoms with Crippen LogP contribution in [-0.4, -0.2) is 35.3 Å². The number of hydrogen-bond acceptors (Lipinski definition) is 3. The van der Waals surface area contributed by atoms with Gasteiger partial charge in [0.25, 0.3) is 0 Å². The van der Waals surface area contributed by atoms with E-state index >= 15 is 0 Å².